The van der Waals surface area contributed by atoms with Gasteiger partial charge in [-0.1, -0.05) is 12.1 Å². The van der Waals surface area contributed by atoms with Crippen LogP contribution in [0.25, 0.3) is 0 Å². The second-order valence-electron chi connectivity index (χ2n) is 6.41. The zero-order chi connectivity index (χ0) is 16.8. The molecule has 0 spiro atoms. The van der Waals surface area contributed by atoms with E-state index in [0.29, 0.717) is 11.7 Å². The summed E-state index contributed by atoms with van der Waals surface area (Å²) < 4.78 is 7.54. The second-order valence-corrected chi connectivity index (χ2v) is 6.41. The van der Waals surface area contributed by atoms with Crippen LogP contribution in [0, 0.1) is 5.92 Å². The first-order valence-corrected chi connectivity index (χ1v) is 8.37. The number of ether oxygens (including phenoxy) is 1. The molecule has 1 saturated heterocycles. The summed E-state index contributed by atoms with van der Waals surface area (Å²) in [7, 11) is 0. The van der Waals surface area contributed by atoms with E-state index in [4.69, 9.17) is 10.5 Å². The topological polar surface area (TPSA) is 73.4 Å². The molecule has 0 saturated carbocycles. The summed E-state index contributed by atoms with van der Waals surface area (Å²) in [5, 5.41) is 0. The van der Waals surface area contributed by atoms with Gasteiger partial charge in [-0.2, -0.15) is 0 Å². The summed E-state index contributed by atoms with van der Waals surface area (Å²) >= 11 is 0. The van der Waals surface area contributed by atoms with Gasteiger partial charge >= 0.3 is 0 Å². The molecule has 3 rings (SSSR count). The summed E-state index contributed by atoms with van der Waals surface area (Å²) in [4.78, 5) is 17.4. The van der Waals surface area contributed by atoms with Gasteiger partial charge in [0.15, 0.2) is 6.61 Å². The fourth-order valence-corrected chi connectivity index (χ4v) is 3.28. The number of imidazole rings is 1. The number of piperidine rings is 1. The normalized spacial score (nSPS) is 18.4. The SMILES string of the molecule is NC(=O)COc1cccc(CN2CCC[C@H](Cn3ccnc3)C2)c1. The maximum atomic E-state index is 10.8. The zero-order valence-corrected chi connectivity index (χ0v) is 13.8. The van der Waals surface area contributed by atoms with Crippen LogP contribution in [0.2, 0.25) is 0 Å². The summed E-state index contributed by atoms with van der Waals surface area (Å²) in [5.41, 5.74) is 6.31. The Morgan fingerprint density at radius 3 is 3.12 bits per heavy atom. The Kier molecular flexibility index (Phi) is 5.48. The minimum absolute atomic E-state index is 0.0832. The van der Waals surface area contributed by atoms with Gasteiger partial charge in [-0.25, -0.2) is 4.98 Å². The largest absolute Gasteiger partial charge is 0.484 e. The van der Waals surface area contributed by atoms with Gasteiger partial charge < -0.3 is 15.0 Å². The van der Waals surface area contributed by atoms with E-state index in [2.05, 4.69) is 20.5 Å². The fraction of sp³-hybridized carbons (Fsp3) is 0.444. The minimum Gasteiger partial charge on any atom is -0.484 e. The molecule has 1 aliphatic heterocycles. The number of carbonyl (C=O) groups excluding carboxylic acids is 1. The van der Waals surface area contributed by atoms with E-state index in [0.717, 1.165) is 26.2 Å². The van der Waals surface area contributed by atoms with E-state index >= 15 is 0 Å². The lowest BCUT2D eigenvalue weighted by Gasteiger charge is -2.33. The van der Waals surface area contributed by atoms with Crippen molar-refractivity contribution in [2.45, 2.75) is 25.9 Å². The van der Waals surface area contributed by atoms with E-state index in [1.165, 1.54) is 18.4 Å². The number of likely N-dealkylation sites (tertiary alicyclic amines) is 1. The minimum atomic E-state index is -0.459. The molecule has 6 heteroatoms. The highest BCUT2D eigenvalue weighted by atomic mass is 16.5. The van der Waals surface area contributed by atoms with Crippen LogP contribution in [0.15, 0.2) is 43.0 Å². The third-order valence-corrected chi connectivity index (χ3v) is 4.32. The molecule has 24 heavy (non-hydrogen) atoms. The molecule has 1 fully saturated rings. The van der Waals surface area contributed by atoms with Gasteiger partial charge in [0.2, 0.25) is 0 Å². The maximum absolute atomic E-state index is 10.8. The Labute approximate surface area is 142 Å². The van der Waals surface area contributed by atoms with Crippen molar-refractivity contribution < 1.29 is 9.53 Å². The van der Waals surface area contributed by atoms with Gasteiger partial charge in [0.1, 0.15) is 5.75 Å². The Morgan fingerprint density at radius 1 is 1.42 bits per heavy atom. The molecule has 6 nitrogen and oxygen atoms in total. The molecule has 0 aliphatic carbocycles. The van der Waals surface area contributed by atoms with Crippen LogP contribution in [0.5, 0.6) is 5.75 Å². The lowest BCUT2D eigenvalue weighted by Crippen LogP contribution is -2.36. The quantitative estimate of drug-likeness (QED) is 0.839. The second kappa shape index (κ2) is 7.97. The van der Waals surface area contributed by atoms with Crippen LogP contribution in [0.1, 0.15) is 18.4 Å². The van der Waals surface area contributed by atoms with E-state index < -0.39 is 5.91 Å². The van der Waals surface area contributed by atoms with Crippen molar-refractivity contribution in [2.24, 2.45) is 11.7 Å². The molecule has 2 N–H and O–H groups in total. The molecule has 1 amide bonds. The molecule has 0 unspecified atom stereocenters. The Balaban J connectivity index is 1.55. The van der Waals surface area contributed by atoms with Crippen molar-refractivity contribution in [1.29, 1.82) is 0 Å². The summed E-state index contributed by atoms with van der Waals surface area (Å²) in [6, 6.07) is 7.89. The molecule has 1 aromatic heterocycles. The number of nitrogens with two attached hydrogens (primary N) is 1. The first-order chi connectivity index (χ1) is 11.7. The molecule has 1 aliphatic rings. The third-order valence-electron chi connectivity index (χ3n) is 4.32. The van der Waals surface area contributed by atoms with Crippen molar-refractivity contribution in [3.63, 3.8) is 0 Å². The number of hydrogen-bond donors (Lipinski definition) is 1. The van der Waals surface area contributed by atoms with Gasteiger partial charge in [-0.15, -0.1) is 0 Å². The third kappa shape index (κ3) is 4.83. The van der Waals surface area contributed by atoms with Crippen molar-refractivity contribution in [1.82, 2.24) is 14.5 Å². The van der Waals surface area contributed by atoms with E-state index in [-0.39, 0.29) is 6.61 Å². The fourth-order valence-electron chi connectivity index (χ4n) is 3.28. The van der Waals surface area contributed by atoms with Crippen LogP contribution in [0.3, 0.4) is 0 Å². The number of hydrogen-bond acceptors (Lipinski definition) is 4. The summed E-state index contributed by atoms with van der Waals surface area (Å²) in [6.45, 7) is 4.05. The van der Waals surface area contributed by atoms with E-state index in [1.54, 1.807) is 0 Å². The van der Waals surface area contributed by atoms with Crippen LogP contribution < -0.4 is 10.5 Å². The number of benzene rings is 1. The zero-order valence-electron chi connectivity index (χ0n) is 13.8. The number of aromatic nitrogens is 2. The number of amides is 1. The average molecular weight is 328 g/mol. The predicted octanol–water partition coefficient (Wildman–Crippen LogP) is 1.66. The molecular weight excluding hydrogens is 304 g/mol. The number of primary amides is 1. The van der Waals surface area contributed by atoms with E-state index in [9.17, 15) is 4.79 Å². The predicted molar refractivity (Wildman–Crippen MR) is 91.4 cm³/mol. The molecule has 0 radical (unpaired) electrons. The molecule has 128 valence electrons. The Bertz CT molecular complexity index is 657. The standard InChI is InChI=1S/C18H24N4O2/c19-18(23)13-24-17-5-1-3-15(9-17)10-21-7-2-4-16(11-21)12-22-8-6-20-14-22/h1,3,5-6,8-9,14,16H,2,4,7,10-13H2,(H2,19,23)/t16-/m0/s1. The van der Waals surface area contributed by atoms with Gasteiger partial charge in [0.05, 0.1) is 6.33 Å². The van der Waals surface area contributed by atoms with Crippen molar-refractivity contribution in [2.75, 3.05) is 19.7 Å². The van der Waals surface area contributed by atoms with Crippen LogP contribution in [-0.4, -0.2) is 40.1 Å². The number of nitrogens with zero attached hydrogens (tertiary/aromatic N) is 3. The smallest absolute Gasteiger partial charge is 0.255 e. The monoisotopic (exact) mass is 328 g/mol. The number of carbonyl (C=O) groups is 1. The summed E-state index contributed by atoms with van der Waals surface area (Å²) in [6.07, 6.45) is 8.23. The van der Waals surface area contributed by atoms with Crippen LogP contribution in [0.4, 0.5) is 0 Å². The lowest BCUT2D eigenvalue weighted by atomic mass is 9.97. The van der Waals surface area contributed by atoms with Gasteiger partial charge in [0.25, 0.3) is 5.91 Å². The van der Waals surface area contributed by atoms with Crippen molar-refractivity contribution in [3.05, 3.63) is 48.5 Å². The first-order valence-electron chi connectivity index (χ1n) is 8.37. The average Bonchev–Trinajstić information content (AvgIpc) is 3.07. The van der Waals surface area contributed by atoms with E-state index in [1.807, 2.05) is 36.9 Å². The van der Waals surface area contributed by atoms with Gasteiger partial charge in [0, 0.05) is 32.0 Å². The molecule has 1 aromatic carbocycles. The Hall–Kier alpha value is -2.34. The highest BCUT2D eigenvalue weighted by molar-refractivity contribution is 5.75. The molecule has 1 atom stereocenters. The van der Waals surface area contributed by atoms with Crippen molar-refractivity contribution >= 4 is 5.91 Å². The lowest BCUT2D eigenvalue weighted by molar-refractivity contribution is -0.119. The van der Waals surface area contributed by atoms with Crippen LogP contribution >= 0.6 is 0 Å². The molecule has 2 aromatic rings. The van der Waals surface area contributed by atoms with Gasteiger partial charge in [-0.3, -0.25) is 9.69 Å². The van der Waals surface area contributed by atoms with Crippen molar-refractivity contribution in [3.8, 4) is 5.75 Å². The highest BCUT2D eigenvalue weighted by Crippen LogP contribution is 2.21. The number of rotatable bonds is 7. The molecule has 2 heterocycles. The first kappa shape index (κ1) is 16.5. The molecule has 0 bridgehead atoms. The molecular formula is C18H24N4O2. The maximum Gasteiger partial charge on any atom is 0.255 e. The highest BCUT2D eigenvalue weighted by Gasteiger charge is 2.20. The summed E-state index contributed by atoms with van der Waals surface area (Å²) in [5.74, 6) is 0.888. The van der Waals surface area contributed by atoms with Gasteiger partial charge in [-0.05, 0) is 43.0 Å². The Morgan fingerprint density at radius 2 is 2.33 bits per heavy atom. The van der Waals surface area contributed by atoms with Crippen LogP contribution in [-0.2, 0) is 17.9 Å².